The average Bonchev–Trinajstić information content (AvgIpc) is 3.11. The molecule has 6 heteroatoms. The number of methoxy groups -OCH3 is 1. The summed E-state index contributed by atoms with van der Waals surface area (Å²) in [4.78, 5) is 30.3. The zero-order chi connectivity index (χ0) is 17.1. The van der Waals surface area contributed by atoms with Crippen molar-refractivity contribution in [3.63, 3.8) is 0 Å². The normalized spacial score (nSPS) is 21.1. The van der Waals surface area contributed by atoms with E-state index in [1.165, 1.54) is 0 Å². The lowest BCUT2D eigenvalue weighted by Gasteiger charge is -2.38. The van der Waals surface area contributed by atoms with Gasteiger partial charge in [0.2, 0.25) is 11.8 Å². The molecule has 0 aliphatic carbocycles. The highest BCUT2D eigenvalue weighted by molar-refractivity contribution is 5.87. The largest absolute Gasteiger partial charge is 0.497 e. The minimum Gasteiger partial charge on any atom is -0.497 e. The lowest BCUT2D eigenvalue weighted by molar-refractivity contribution is -0.143. The molecule has 2 fully saturated rings. The van der Waals surface area contributed by atoms with E-state index < -0.39 is 0 Å². The number of amides is 2. The molecule has 24 heavy (non-hydrogen) atoms. The molecule has 0 spiro atoms. The van der Waals surface area contributed by atoms with Gasteiger partial charge in [-0.1, -0.05) is 6.07 Å². The molecular weight excluding hydrogens is 306 g/mol. The Labute approximate surface area is 143 Å². The second-order valence-corrected chi connectivity index (χ2v) is 6.38. The Morgan fingerprint density at radius 3 is 2.54 bits per heavy atom. The Balaban J connectivity index is 1.60. The van der Waals surface area contributed by atoms with E-state index in [4.69, 9.17) is 4.74 Å². The highest BCUT2D eigenvalue weighted by atomic mass is 16.5. The van der Waals surface area contributed by atoms with Gasteiger partial charge in [-0.15, -0.1) is 0 Å². The summed E-state index contributed by atoms with van der Waals surface area (Å²) < 4.78 is 5.28. The van der Waals surface area contributed by atoms with Crippen LogP contribution in [0.5, 0.6) is 5.75 Å². The fourth-order valence-electron chi connectivity index (χ4n) is 3.60. The molecule has 3 rings (SSSR count). The summed E-state index contributed by atoms with van der Waals surface area (Å²) in [5, 5.41) is 0. The summed E-state index contributed by atoms with van der Waals surface area (Å²) in [6.45, 7) is 5.23. The lowest BCUT2D eigenvalue weighted by atomic mass is 10.1. The van der Waals surface area contributed by atoms with Crippen LogP contribution in [0.1, 0.15) is 19.8 Å². The molecule has 0 bridgehead atoms. The SMILES string of the molecule is COc1cccc(N2CCN(C(=O)[C@@H]3CCCN3C(C)=O)CC2)c1. The van der Waals surface area contributed by atoms with Gasteiger partial charge < -0.3 is 19.4 Å². The quantitative estimate of drug-likeness (QED) is 0.839. The van der Waals surface area contributed by atoms with Gasteiger partial charge in [0.15, 0.2) is 0 Å². The molecule has 130 valence electrons. The van der Waals surface area contributed by atoms with Crippen LogP contribution in [-0.4, -0.2) is 67.5 Å². The van der Waals surface area contributed by atoms with Crippen molar-refractivity contribution >= 4 is 17.5 Å². The van der Waals surface area contributed by atoms with Gasteiger partial charge in [-0.3, -0.25) is 9.59 Å². The van der Waals surface area contributed by atoms with Crippen LogP contribution in [-0.2, 0) is 9.59 Å². The number of carbonyl (C=O) groups is 2. The molecule has 0 N–H and O–H groups in total. The topological polar surface area (TPSA) is 53.1 Å². The van der Waals surface area contributed by atoms with Gasteiger partial charge in [0.25, 0.3) is 0 Å². The van der Waals surface area contributed by atoms with E-state index in [1.54, 1.807) is 18.9 Å². The smallest absolute Gasteiger partial charge is 0.245 e. The van der Waals surface area contributed by atoms with E-state index in [2.05, 4.69) is 11.0 Å². The predicted octanol–water partition coefficient (Wildman–Crippen LogP) is 1.35. The predicted molar refractivity (Wildman–Crippen MR) is 92.2 cm³/mol. The van der Waals surface area contributed by atoms with Crippen molar-refractivity contribution in [2.75, 3.05) is 44.7 Å². The summed E-state index contributed by atoms with van der Waals surface area (Å²) in [6, 6.07) is 7.74. The number of anilines is 1. The molecule has 2 aliphatic heterocycles. The molecule has 0 unspecified atom stereocenters. The molecular formula is C18H25N3O3. The number of carbonyl (C=O) groups excluding carboxylic acids is 2. The van der Waals surface area contributed by atoms with E-state index in [-0.39, 0.29) is 17.9 Å². The second-order valence-electron chi connectivity index (χ2n) is 6.38. The van der Waals surface area contributed by atoms with Crippen molar-refractivity contribution < 1.29 is 14.3 Å². The molecule has 2 aliphatic rings. The molecule has 2 amide bonds. The van der Waals surface area contributed by atoms with Gasteiger partial charge in [0.05, 0.1) is 7.11 Å². The molecule has 0 aromatic heterocycles. The first-order chi connectivity index (χ1) is 11.6. The van der Waals surface area contributed by atoms with Crippen LogP contribution in [0.2, 0.25) is 0 Å². The fraction of sp³-hybridized carbons (Fsp3) is 0.556. The van der Waals surface area contributed by atoms with Gasteiger partial charge in [-0.05, 0) is 25.0 Å². The minimum absolute atomic E-state index is 0.000802. The lowest BCUT2D eigenvalue weighted by Crippen LogP contribution is -2.54. The first kappa shape index (κ1) is 16.6. The van der Waals surface area contributed by atoms with Crippen molar-refractivity contribution in [2.24, 2.45) is 0 Å². The molecule has 0 saturated carbocycles. The Hall–Kier alpha value is -2.24. The van der Waals surface area contributed by atoms with E-state index in [1.807, 2.05) is 23.1 Å². The number of hydrogen-bond donors (Lipinski definition) is 0. The Kier molecular flexibility index (Phi) is 4.92. The third kappa shape index (κ3) is 3.32. The molecule has 0 radical (unpaired) electrons. The molecule has 2 heterocycles. The second kappa shape index (κ2) is 7.11. The van der Waals surface area contributed by atoms with Crippen LogP contribution >= 0.6 is 0 Å². The maximum Gasteiger partial charge on any atom is 0.245 e. The van der Waals surface area contributed by atoms with Gasteiger partial charge in [-0.25, -0.2) is 0 Å². The summed E-state index contributed by atoms with van der Waals surface area (Å²) in [5.74, 6) is 0.947. The van der Waals surface area contributed by atoms with Crippen LogP contribution in [0, 0.1) is 0 Å². The average molecular weight is 331 g/mol. The van der Waals surface area contributed by atoms with Crippen molar-refractivity contribution in [3.8, 4) is 5.75 Å². The number of hydrogen-bond acceptors (Lipinski definition) is 4. The van der Waals surface area contributed by atoms with E-state index >= 15 is 0 Å². The van der Waals surface area contributed by atoms with Gasteiger partial charge in [0.1, 0.15) is 11.8 Å². The summed E-state index contributed by atoms with van der Waals surface area (Å²) >= 11 is 0. The number of nitrogens with zero attached hydrogens (tertiary/aromatic N) is 3. The first-order valence-electron chi connectivity index (χ1n) is 8.55. The number of ether oxygens (including phenoxy) is 1. The molecule has 1 atom stereocenters. The minimum atomic E-state index is -0.258. The van der Waals surface area contributed by atoms with E-state index in [0.29, 0.717) is 19.6 Å². The maximum absolute atomic E-state index is 12.8. The van der Waals surface area contributed by atoms with Crippen molar-refractivity contribution in [2.45, 2.75) is 25.8 Å². The van der Waals surface area contributed by atoms with Crippen LogP contribution in [0.25, 0.3) is 0 Å². The molecule has 2 saturated heterocycles. The van der Waals surface area contributed by atoms with Crippen LogP contribution in [0.15, 0.2) is 24.3 Å². The Morgan fingerprint density at radius 2 is 1.88 bits per heavy atom. The third-order valence-electron chi connectivity index (χ3n) is 4.95. The number of benzene rings is 1. The van der Waals surface area contributed by atoms with Gasteiger partial charge >= 0.3 is 0 Å². The van der Waals surface area contributed by atoms with Gasteiger partial charge in [-0.2, -0.15) is 0 Å². The maximum atomic E-state index is 12.8. The summed E-state index contributed by atoms with van der Waals surface area (Å²) in [7, 11) is 1.66. The van der Waals surface area contributed by atoms with Crippen LogP contribution in [0.3, 0.4) is 0 Å². The number of rotatable bonds is 3. The van der Waals surface area contributed by atoms with Crippen LogP contribution < -0.4 is 9.64 Å². The molecule has 1 aromatic carbocycles. The van der Waals surface area contributed by atoms with Crippen molar-refractivity contribution in [1.82, 2.24) is 9.80 Å². The number of piperazine rings is 1. The Bertz CT molecular complexity index is 611. The fourth-order valence-corrected chi connectivity index (χ4v) is 3.60. The third-order valence-corrected chi connectivity index (χ3v) is 4.95. The highest BCUT2D eigenvalue weighted by Crippen LogP contribution is 2.24. The first-order valence-corrected chi connectivity index (χ1v) is 8.55. The van der Waals surface area contributed by atoms with Gasteiger partial charge in [0, 0.05) is 51.4 Å². The zero-order valence-electron chi connectivity index (χ0n) is 14.4. The monoisotopic (exact) mass is 331 g/mol. The van der Waals surface area contributed by atoms with E-state index in [0.717, 1.165) is 37.4 Å². The zero-order valence-corrected chi connectivity index (χ0v) is 14.4. The number of likely N-dealkylation sites (tertiary alicyclic amines) is 1. The summed E-state index contributed by atoms with van der Waals surface area (Å²) in [5.41, 5.74) is 1.12. The summed E-state index contributed by atoms with van der Waals surface area (Å²) in [6.07, 6.45) is 1.70. The molecule has 6 nitrogen and oxygen atoms in total. The van der Waals surface area contributed by atoms with Crippen molar-refractivity contribution in [3.05, 3.63) is 24.3 Å². The van der Waals surface area contributed by atoms with Crippen LogP contribution in [0.4, 0.5) is 5.69 Å². The van der Waals surface area contributed by atoms with E-state index in [9.17, 15) is 9.59 Å². The highest BCUT2D eigenvalue weighted by Gasteiger charge is 2.36. The Morgan fingerprint density at radius 1 is 1.12 bits per heavy atom. The van der Waals surface area contributed by atoms with Crippen molar-refractivity contribution in [1.29, 1.82) is 0 Å². The standard InChI is InChI=1S/C18H25N3O3/c1-14(22)21-8-4-7-17(21)18(23)20-11-9-19(10-12-20)15-5-3-6-16(13-15)24-2/h3,5-6,13,17H,4,7-12H2,1-2H3/t17-/m0/s1. The molecule has 1 aromatic rings.